The van der Waals surface area contributed by atoms with Crippen molar-refractivity contribution in [2.24, 2.45) is 0 Å². The van der Waals surface area contributed by atoms with Gasteiger partial charge in [-0.15, -0.1) is 0 Å². The maximum absolute atomic E-state index is 8.24. The first-order valence-electron chi connectivity index (χ1n) is 32.6. The van der Waals surface area contributed by atoms with E-state index in [1.807, 2.05) is 0 Å². The smallest absolute Gasteiger partial charge is 0.453 e. The van der Waals surface area contributed by atoms with Gasteiger partial charge in [-0.1, -0.05) is 300 Å². The van der Waals surface area contributed by atoms with Gasteiger partial charge in [-0.05, 0) is 133 Å². The molecule has 10 aromatic carbocycles. The second kappa shape index (κ2) is 22.5. The summed E-state index contributed by atoms with van der Waals surface area (Å²) in [5.74, 6) is 1.56. The Hall–Kier alpha value is -6.83. The molecule has 0 spiro atoms. The fourth-order valence-electron chi connectivity index (χ4n) is 12.8. The highest BCUT2D eigenvalue weighted by Crippen LogP contribution is 2.58. The lowest BCUT2D eigenvalue weighted by Gasteiger charge is -2.32. The van der Waals surface area contributed by atoms with Gasteiger partial charge in [0.1, 0.15) is 22.7 Å². The van der Waals surface area contributed by atoms with E-state index in [9.17, 15) is 0 Å². The van der Waals surface area contributed by atoms with Crippen LogP contribution in [0.1, 0.15) is 211 Å². The molecule has 0 aliphatic rings. The number of fused-ring (bicyclic) bond motifs is 9. The molecule has 0 bridgehead atoms. The van der Waals surface area contributed by atoms with Crippen molar-refractivity contribution in [1.29, 1.82) is 0 Å². The van der Waals surface area contributed by atoms with E-state index in [1.54, 1.807) is 0 Å². The third kappa shape index (κ3) is 12.4. The van der Waals surface area contributed by atoms with Gasteiger partial charge in [-0.25, -0.2) is 0 Å². The third-order valence-corrected chi connectivity index (χ3v) is 21.1. The van der Waals surface area contributed by atoms with Gasteiger partial charge in [0, 0.05) is 54.8 Å². The molecule has 0 amide bonds. The Kier molecular flexibility index (Phi) is 16.2. The van der Waals surface area contributed by atoms with E-state index in [4.69, 9.17) is 17.4 Å². The van der Waals surface area contributed by atoms with Crippen LogP contribution in [0.2, 0.25) is 0 Å². The number of hydrogen-bond donors (Lipinski definition) is 0. The van der Waals surface area contributed by atoms with Crippen molar-refractivity contribution in [2.45, 2.75) is 209 Å². The molecule has 0 N–H and O–H groups in total. The maximum atomic E-state index is 8.24. The van der Waals surface area contributed by atoms with Gasteiger partial charge >= 0.3 is 8.24 Å². The lowest BCUT2D eigenvalue weighted by molar-refractivity contribution is 0.474. The normalized spacial score (nSPS) is 13.4. The molecule has 0 fully saturated rings. The Bertz CT molecular complexity index is 4470. The summed E-state index contributed by atoms with van der Waals surface area (Å²) in [4.78, 5) is 0. The highest BCUT2D eigenvalue weighted by molar-refractivity contribution is 7.68. The lowest BCUT2D eigenvalue weighted by Crippen LogP contribution is -2.19. The van der Waals surface area contributed by atoms with Crippen molar-refractivity contribution in [1.82, 2.24) is 0 Å². The monoisotopic (exact) mass is 1230 g/mol. The largest absolute Gasteiger partial charge is 0.464 e. The molecule has 90 heavy (non-hydrogen) atoms. The van der Waals surface area contributed by atoms with Crippen molar-refractivity contribution in [3.8, 4) is 22.6 Å². The Balaban J connectivity index is 1.39. The minimum atomic E-state index is -2.31. The zero-order chi connectivity index (χ0) is 65.4. The van der Waals surface area contributed by atoms with Crippen LogP contribution in [-0.2, 0) is 43.3 Å². The molecule has 1 aromatic heterocycles. The molecule has 11 rings (SSSR count). The molecule has 6 heteroatoms. The van der Waals surface area contributed by atoms with Crippen LogP contribution in [0.4, 0.5) is 0 Å². The van der Waals surface area contributed by atoms with Crippen LogP contribution in [0, 0.1) is 0 Å². The fraction of sp³-hybridized carbons (Fsp3) is 0.381. The molecular weight excluding hydrogens is 1130 g/mol. The van der Waals surface area contributed by atoms with E-state index in [-0.39, 0.29) is 37.9 Å². The summed E-state index contributed by atoms with van der Waals surface area (Å²) < 4.78 is 32.3. The van der Waals surface area contributed by atoms with Gasteiger partial charge < -0.3 is 17.4 Å². The van der Waals surface area contributed by atoms with Gasteiger partial charge in [0.2, 0.25) is 0 Å². The van der Waals surface area contributed by atoms with Gasteiger partial charge in [0.15, 0.2) is 8.15 Å². The zero-order valence-electron chi connectivity index (χ0n) is 58.5. The van der Waals surface area contributed by atoms with E-state index in [0.717, 1.165) is 110 Å². The molecule has 468 valence electrons. The molecule has 0 saturated carbocycles. The highest BCUT2D eigenvalue weighted by atomic mass is 31.1. The lowest BCUT2D eigenvalue weighted by atomic mass is 9.77. The van der Waals surface area contributed by atoms with Gasteiger partial charge in [-0.2, -0.15) is 0 Å². The van der Waals surface area contributed by atoms with Gasteiger partial charge in [0.25, 0.3) is 0 Å². The van der Waals surface area contributed by atoms with Gasteiger partial charge in [0.05, 0.1) is 0 Å². The minimum Gasteiger partial charge on any atom is -0.464 e. The summed E-state index contributed by atoms with van der Waals surface area (Å²) in [6, 6.07) is 59.6. The van der Waals surface area contributed by atoms with Crippen LogP contribution in [0.5, 0.6) is 11.5 Å². The van der Waals surface area contributed by atoms with E-state index in [0.29, 0.717) is 0 Å². The van der Waals surface area contributed by atoms with E-state index < -0.39 is 21.8 Å². The standard InChI is InChI=1S/C84H98O4P2/c1-77(2,3)55-35-39-61-51(43-55)47-65(81(13,14)15)73(85-89(59-31-27-25-28-32-59)60-33-29-26-30-34-60)69(61)70-62-40-36-56(78(4,5)6)44-52(62)48-66(82(16,17)18)74(70)86-90-87-75-67(83(19,20)21)49-53-45-57(79(7,8)9)37-41-63(53)71(75)72-64-42-38-58(80(10,11)12)46-54(64)50-68(76(72)88-90)84(22,23)24/h25-50H,1-24H3. The number of rotatable bonds is 7. The maximum Gasteiger partial charge on any atom is 0.453 e. The molecule has 1 heterocycles. The van der Waals surface area contributed by atoms with E-state index in [1.165, 1.54) is 33.0 Å². The minimum absolute atomic E-state index is 0.0722. The van der Waals surface area contributed by atoms with E-state index in [2.05, 4.69) is 324 Å². The summed E-state index contributed by atoms with van der Waals surface area (Å²) >= 11 is 0. The van der Waals surface area contributed by atoms with Crippen LogP contribution in [0.25, 0.3) is 76.2 Å². The number of benzene rings is 10. The average molecular weight is 1230 g/mol. The first kappa shape index (κ1) is 64.7. The predicted molar refractivity (Wildman–Crippen MR) is 394 cm³/mol. The van der Waals surface area contributed by atoms with Crippen LogP contribution in [0.3, 0.4) is 0 Å². The first-order chi connectivity index (χ1) is 41.7. The Labute approximate surface area is 540 Å². The van der Waals surface area contributed by atoms with Gasteiger partial charge in [-0.3, -0.25) is 0 Å². The van der Waals surface area contributed by atoms with Crippen LogP contribution in [-0.4, -0.2) is 0 Å². The van der Waals surface area contributed by atoms with Crippen molar-refractivity contribution in [2.75, 3.05) is 0 Å². The molecular formula is C84H98O4P2. The predicted octanol–water partition coefficient (Wildman–Crippen LogP) is 25.2. The summed E-state index contributed by atoms with van der Waals surface area (Å²) in [5, 5.41) is 13.3. The first-order valence-corrected chi connectivity index (χ1v) is 34.9. The molecule has 0 atom stereocenters. The molecule has 0 saturated heterocycles. The Morgan fingerprint density at radius 3 is 0.911 bits per heavy atom. The van der Waals surface area contributed by atoms with Crippen LogP contribution >= 0.6 is 16.4 Å². The molecule has 0 aliphatic carbocycles. The second-order valence-electron chi connectivity index (χ2n) is 33.8. The van der Waals surface area contributed by atoms with Crippen molar-refractivity contribution < 1.29 is 17.4 Å². The molecule has 0 aliphatic heterocycles. The summed E-state index contributed by atoms with van der Waals surface area (Å²) in [6.07, 6.45) is 0. The fourth-order valence-corrected chi connectivity index (χ4v) is 15.7. The van der Waals surface area contributed by atoms with Crippen LogP contribution < -0.4 is 19.7 Å². The quantitative estimate of drug-likeness (QED) is 0.149. The van der Waals surface area contributed by atoms with Crippen molar-refractivity contribution in [3.63, 3.8) is 0 Å². The third-order valence-electron chi connectivity index (χ3n) is 18.2. The molecule has 0 unspecified atom stereocenters. The highest BCUT2D eigenvalue weighted by Gasteiger charge is 2.36. The average Bonchev–Trinajstić information content (AvgIpc) is 1.15. The summed E-state index contributed by atoms with van der Waals surface area (Å²) in [6.45, 7) is 55.5. The van der Waals surface area contributed by atoms with Crippen molar-refractivity contribution >= 4 is 92.0 Å². The second-order valence-corrected chi connectivity index (χ2v) is 36.6. The zero-order valence-corrected chi connectivity index (χ0v) is 60.3. The number of hydrogen-bond acceptors (Lipinski definition) is 4. The van der Waals surface area contributed by atoms with E-state index >= 15 is 0 Å². The summed E-state index contributed by atoms with van der Waals surface area (Å²) in [7, 11) is -3.74. The summed E-state index contributed by atoms with van der Waals surface area (Å²) in [5.41, 5.74) is 11.0. The SMILES string of the molecule is CC(C)(C)c1ccc2c(-c3c(Op4oc5c(C(C)(C)C)cc6cc(C(C)(C)C)ccc6c5c5c(o4)c(C(C)(C)C)cc4cc(C(C)(C)C)ccc45)c(C(C)(C)C)cc4cc(C(C)(C)C)ccc34)c(OP(c3ccccc3)c3ccccc3)c(C(C)(C)C)cc2c1. The topological polar surface area (TPSA) is 44.7 Å². The van der Waals surface area contributed by atoms with Crippen molar-refractivity contribution in [3.05, 3.63) is 202 Å². The Morgan fingerprint density at radius 2 is 0.589 bits per heavy atom. The van der Waals surface area contributed by atoms with Crippen LogP contribution in [0.15, 0.2) is 166 Å². The molecule has 11 aromatic rings. The molecule has 4 nitrogen and oxygen atoms in total. The Morgan fingerprint density at radius 1 is 0.300 bits per heavy atom. The molecule has 0 radical (unpaired) electrons.